The van der Waals surface area contributed by atoms with Gasteiger partial charge in [-0.25, -0.2) is 0 Å². The van der Waals surface area contributed by atoms with Crippen LogP contribution in [0.15, 0.2) is 46.9 Å². The number of fused-ring (bicyclic) bond motifs is 1. The average molecular weight is 470 g/mol. The predicted molar refractivity (Wildman–Crippen MR) is 129 cm³/mol. The first-order valence-electron chi connectivity index (χ1n) is 11.7. The van der Waals surface area contributed by atoms with E-state index in [2.05, 4.69) is 6.92 Å². The number of nitro groups is 1. The van der Waals surface area contributed by atoms with E-state index < -0.39 is 4.92 Å². The van der Waals surface area contributed by atoms with Gasteiger partial charge in [-0.2, -0.15) is 0 Å². The third kappa shape index (κ3) is 6.21. The Hall–Kier alpha value is -3.23. The molecule has 0 N–H and O–H groups in total. The van der Waals surface area contributed by atoms with Gasteiger partial charge in [0.25, 0.3) is 5.69 Å². The van der Waals surface area contributed by atoms with Crippen LogP contribution in [0.2, 0.25) is 0 Å². The van der Waals surface area contributed by atoms with Gasteiger partial charge in [0.2, 0.25) is 0 Å². The van der Waals surface area contributed by atoms with Crippen LogP contribution in [0, 0.1) is 10.1 Å². The molecule has 1 aromatic heterocycles. The minimum Gasteiger partial charge on any atom is -0.493 e. The fourth-order valence-electron chi connectivity index (χ4n) is 3.72. The second kappa shape index (κ2) is 12.3. The molecule has 3 rings (SSSR count). The summed E-state index contributed by atoms with van der Waals surface area (Å²) in [6.07, 6.45) is 2.64. The van der Waals surface area contributed by atoms with Crippen molar-refractivity contribution in [2.24, 2.45) is 0 Å². The number of carbonyl (C=O) groups excluding carboxylic acids is 1. The number of benzene rings is 2. The van der Waals surface area contributed by atoms with E-state index in [1.54, 1.807) is 30.3 Å². The van der Waals surface area contributed by atoms with E-state index in [-0.39, 0.29) is 17.8 Å². The summed E-state index contributed by atoms with van der Waals surface area (Å²) >= 11 is 0. The maximum absolute atomic E-state index is 13.4. The highest BCUT2D eigenvalue weighted by Gasteiger charge is 2.23. The normalized spacial score (nSPS) is 11.3. The molecule has 0 amide bonds. The van der Waals surface area contributed by atoms with Crippen LogP contribution < -0.4 is 4.74 Å². The molecule has 8 nitrogen and oxygen atoms in total. The minimum atomic E-state index is -0.472. The number of nitro benzene ring substituents is 1. The van der Waals surface area contributed by atoms with Crippen LogP contribution in [0.1, 0.15) is 61.7 Å². The molecule has 0 spiro atoms. The number of ether oxygens (including phenoxy) is 3. The summed E-state index contributed by atoms with van der Waals surface area (Å²) in [6, 6.07) is 11.2. The predicted octanol–water partition coefficient (Wildman–Crippen LogP) is 6.08. The highest BCUT2D eigenvalue weighted by molar-refractivity contribution is 6.17. The van der Waals surface area contributed by atoms with Crippen LogP contribution in [0.5, 0.6) is 5.75 Å². The van der Waals surface area contributed by atoms with Crippen LogP contribution >= 0.6 is 0 Å². The van der Waals surface area contributed by atoms with E-state index in [0.29, 0.717) is 66.3 Å². The molecule has 2 aromatic carbocycles. The molecular formula is C26H31NO7. The Bertz CT molecular complexity index is 1100. The van der Waals surface area contributed by atoms with Crippen molar-refractivity contribution in [3.63, 3.8) is 0 Å². The van der Waals surface area contributed by atoms with E-state index in [9.17, 15) is 14.9 Å². The molecule has 0 fully saturated rings. The van der Waals surface area contributed by atoms with Crippen LogP contribution in [-0.4, -0.2) is 36.8 Å². The zero-order valence-corrected chi connectivity index (χ0v) is 19.9. The van der Waals surface area contributed by atoms with Crippen LogP contribution in [0.25, 0.3) is 11.0 Å². The van der Waals surface area contributed by atoms with E-state index >= 15 is 0 Å². The van der Waals surface area contributed by atoms with Crippen LogP contribution in [-0.2, 0) is 15.9 Å². The minimum absolute atomic E-state index is 0.0782. The van der Waals surface area contributed by atoms with Gasteiger partial charge in [-0.3, -0.25) is 14.9 Å². The maximum Gasteiger partial charge on any atom is 0.270 e. The topological polar surface area (TPSA) is 101 Å². The van der Waals surface area contributed by atoms with Crippen molar-refractivity contribution in [1.82, 2.24) is 0 Å². The van der Waals surface area contributed by atoms with Gasteiger partial charge in [-0.15, -0.1) is 0 Å². The molecular weight excluding hydrogens is 438 g/mol. The Balaban J connectivity index is 1.79. The molecule has 8 heteroatoms. The molecule has 0 aliphatic rings. The van der Waals surface area contributed by atoms with Gasteiger partial charge in [0.15, 0.2) is 12.1 Å². The summed E-state index contributed by atoms with van der Waals surface area (Å²) in [5.74, 6) is 0.951. The molecule has 0 aliphatic heterocycles. The number of unbranched alkanes of at least 4 members (excludes halogenated alkanes) is 1. The van der Waals surface area contributed by atoms with Crippen molar-refractivity contribution >= 4 is 22.4 Å². The van der Waals surface area contributed by atoms with Gasteiger partial charge in [-0.05, 0) is 50.6 Å². The van der Waals surface area contributed by atoms with E-state index in [1.165, 1.54) is 12.1 Å². The number of ketones is 1. The van der Waals surface area contributed by atoms with Crippen molar-refractivity contribution in [3.05, 3.63) is 69.5 Å². The third-order valence-corrected chi connectivity index (χ3v) is 5.38. The third-order valence-electron chi connectivity index (χ3n) is 5.38. The van der Waals surface area contributed by atoms with E-state index in [4.69, 9.17) is 18.6 Å². The lowest BCUT2D eigenvalue weighted by atomic mass is 9.98. The molecule has 0 unspecified atom stereocenters. The SMILES string of the molecule is CCCCc1oc2ccc([N+](=O)[O-])cc2c1C(=O)c1ccc(OCCC(OCC)OCC)cc1. The highest BCUT2D eigenvalue weighted by Crippen LogP contribution is 2.32. The Morgan fingerprint density at radius 1 is 1.06 bits per heavy atom. The Kier molecular flexibility index (Phi) is 9.18. The zero-order chi connectivity index (χ0) is 24.5. The summed E-state index contributed by atoms with van der Waals surface area (Å²) in [7, 11) is 0. The van der Waals surface area contributed by atoms with Gasteiger partial charge in [0, 0.05) is 49.1 Å². The van der Waals surface area contributed by atoms with Crippen molar-refractivity contribution < 1.29 is 28.3 Å². The average Bonchev–Trinajstić information content (AvgIpc) is 3.20. The molecule has 1 heterocycles. The molecule has 0 saturated heterocycles. The van der Waals surface area contributed by atoms with Crippen molar-refractivity contribution in [1.29, 1.82) is 0 Å². The smallest absolute Gasteiger partial charge is 0.270 e. The first-order valence-corrected chi connectivity index (χ1v) is 11.7. The molecule has 182 valence electrons. The maximum atomic E-state index is 13.4. The molecule has 0 aliphatic carbocycles. The fraction of sp³-hybridized carbons (Fsp3) is 0.423. The lowest BCUT2D eigenvalue weighted by molar-refractivity contribution is -0.384. The number of carbonyl (C=O) groups is 1. The van der Waals surface area contributed by atoms with Crippen molar-refractivity contribution in [3.8, 4) is 5.75 Å². The second-order valence-corrected chi connectivity index (χ2v) is 7.77. The Morgan fingerprint density at radius 2 is 1.76 bits per heavy atom. The number of hydrogen-bond donors (Lipinski definition) is 0. The first-order chi connectivity index (χ1) is 16.5. The van der Waals surface area contributed by atoms with Crippen LogP contribution in [0.3, 0.4) is 0 Å². The van der Waals surface area contributed by atoms with E-state index in [0.717, 1.165) is 12.8 Å². The summed E-state index contributed by atoms with van der Waals surface area (Å²) in [4.78, 5) is 24.2. The zero-order valence-electron chi connectivity index (χ0n) is 19.9. The second-order valence-electron chi connectivity index (χ2n) is 7.77. The number of furan rings is 1. The molecule has 0 bridgehead atoms. The molecule has 0 saturated carbocycles. The quantitative estimate of drug-likeness (QED) is 0.122. The van der Waals surface area contributed by atoms with Gasteiger partial charge < -0.3 is 18.6 Å². The largest absolute Gasteiger partial charge is 0.493 e. The number of nitrogens with zero attached hydrogens (tertiary/aromatic N) is 1. The van der Waals surface area contributed by atoms with Crippen LogP contribution in [0.4, 0.5) is 5.69 Å². The monoisotopic (exact) mass is 469 g/mol. The summed E-state index contributed by atoms with van der Waals surface area (Å²) < 4.78 is 22.7. The summed E-state index contributed by atoms with van der Waals surface area (Å²) in [5, 5.41) is 11.7. The highest BCUT2D eigenvalue weighted by atomic mass is 16.7. The fourth-order valence-corrected chi connectivity index (χ4v) is 3.72. The molecule has 0 radical (unpaired) electrons. The van der Waals surface area contributed by atoms with E-state index in [1.807, 2.05) is 13.8 Å². The van der Waals surface area contributed by atoms with Crippen molar-refractivity contribution in [2.45, 2.75) is 52.7 Å². The Morgan fingerprint density at radius 3 is 2.38 bits per heavy atom. The van der Waals surface area contributed by atoms with Gasteiger partial charge in [0.1, 0.15) is 17.1 Å². The molecule has 3 aromatic rings. The number of hydrogen-bond acceptors (Lipinski definition) is 7. The lowest BCUT2D eigenvalue weighted by Gasteiger charge is -2.17. The standard InChI is InChI=1S/C26H31NO7/c1-4-7-8-23-25(21-17-19(27(29)30)11-14-22(21)34-23)26(28)18-9-12-20(13-10-18)33-16-15-24(31-5-2)32-6-3/h9-14,17,24H,4-8,15-16H2,1-3H3. The van der Waals surface area contributed by atoms with Crippen molar-refractivity contribution in [2.75, 3.05) is 19.8 Å². The molecule has 0 atom stereocenters. The summed E-state index contributed by atoms with van der Waals surface area (Å²) in [6.45, 7) is 7.42. The number of non-ortho nitro benzene ring substituents is 1. The van der Waals surface area contributed by atoms with Gasteiger partial charge in [0.05, 0.1) is 17.1 Å². The lowest BCUT2D eigenvalue weighted by Crippen LogP contribution is -2.20. The van der Waals surface area contributed by atoms with Gasteiger partial charge >= 0.3 is 0 Å². The first kappa shape index (κ1) is 25.4. The molecule has 34 heavy (non-hydrogen) atoms. The number of rotatable bonds is 14. The number of aryl methyl sites for hydroxylation is 1. The Labute approximate surface area is 198 Å². The summed E-state index contributed by atoms with van der Waals surface area (Å²) in [5.41, 5.74) is 1.24. The van der Waals surface area contributed by atoms with Gasteiger partial charge in [-0.1, -0.05) is 13.3 Å².